The molecule has 6 nitrogen and oxygen atoms in total. The molecule has 0 aromatic heterocycles. The number of nitrogens with one attached hydrogen (secondary N) is 1. The minimum atomic E-state index is -0.849. The van der Waals surface area contributed by atoms with Crippen molar-refractivity contribution in [1.29, 1.82) is 0 Å². The molecular weight excluding hydrogens is 755 g/mol. The molecule has 0 aliphatic carbocycles. The average molecular weight is 860 g/mol. The highest BCUT2D eigenvalue weighted by molar-refractivity contribution is 5.76. The summed E-state index contributed by atoms with van der Waals surface area (Å²) in [7, 11) is 0. The summed E-state index contributed by atoms with van der Waals surface area (Å²) in [6.07, 6.45) is 60.4. The molecule has 0 fully saturated rings. The van der Waals surface area contributed by atoms with E-state index in [1.807, 2.05) is 6.08 Å². The smallest absolute Gasteiger partial charge is 0.305 e. The first kappa shape index (κ1) is 59.3. The number of unbranched alkanes of at least 4 members (excludes halogenated alkanes) is 37. The molecule has 0 aliphatic heterocycles. The zero-order valence-electron chi connectivity index (χ0n) is 40.9. The van der Waals surface area contributed by atoms with Gasteiger partial charge in [0.15, 0.2) is 0 Å². The summed E-state index contributed by atoms with van der Waals surface area (Å²) in [5.41, 5.74) is 0. The summed E-state index contributed by atoms with van der Waals surface area (Å²) < 4.78 is 5.45. The average Bonchev–Trinajstić information content (AvgIpc) is 3.26. The molecule has 3 N–H and O–H groups in total. The molecule has 0 rings (SSSR count). The Morgan fingerprint density at radius 2 is 0.770 bits per heavy atom. The molecule has 0 radical (unpaired) electrons. The van der Waals surface area contributed by atoms with Crippen LogP contribution in [0.1, 0.15) is 290 Å². The van der Waals surface area contributed by atoms with Crippen molar-refractivity contribution >= 4 is 11.9 Å². The number of esters is 1. The van der Waals surface area contributed by atoms with Crippen LogP contribution in [0.5, 0.6) is 0 Å². The topological polar surface area (TPSA) is 95.9 Å². The van der Waals surface area contributed by atoms with Crippen LogP contribution < -0.4 is 5.32 Å². The van der Waals surface area contributed by atoms with Crippen molar-refractivity contribution in [2.24, 2.45) is 0 Å². The van der Waals surface area contributed by atoms with E-state index in [-0.39, 0.29) is 18.5 Å². The van der Waals surface area contributed by atoms with Crippen molar-refractivity contribution in [3.05, 3.63) is 24.3 Å². The molecule has 6 heteroatoms. The molecule has 0 bridgehead atoms. The highest BCUT2D eigenvalue weighted by atomic mass is 16.5. The van der Waals surface area contributed by atoms with E-state index in [0.29, 0.717) is 19.4 Å². The van der Waals surface area contributed by atoms with E-state index in [2.05, 4.69) is 31.3 Å². The second kappa shape index (κ2) is 51.0. The molecule has 360 valence electrons. The third kappa shape index (κ3) is 47.7. The number of amides is 1. The summed E-state index contributed by atoms with van der Waals surface area (Å²) in [6.45, 7) is 4.89. The van der Waals surface area contributed by atoms with Gasteiger partial charge in [-0.2, -0.15) is 0 Å². The van der Waals surface area contributed by atoms with Crippen LogP contribution in [0.3, 0.4) is 0 Å². The van der Waals surface area contributed by atoms with Gasteiger partial charge in [0.1, 0.15) is 0 Å². The van der Waals surface area contributed by atoms with E-state index in [9.17, 15) is 19.8 Å². The third-order valence-corrected chi connectivity index (χ3v) is 12.5. The van der Waals surface area contributed by atoms with E-state index in [1.54, 1.807) is 6.08 Å². The van der Waals surface area contributed by atoms with Crippen molar-refractivity contribution in [3.63, 3.8) is 0 Å². The number of carbonyl (C=O) groups is 2. The largest absolute Gasteiger partial charge is 0.466 e. The summed E-state index contributed by atoms with van der Waals surface area (Å²) in [5.74, 6) is -0.0746. The van der Waals surface area contributed by atoms with E-state index < -0.39 is 12.1 Å². The molecule has 61 heavy (non-hydrogen) atoms. The van der Waals surface area contributed by atoms with Gasteiger partial charge in [-0.05, 0) is 57.8 Å². The minimum Gasteiger partial charge on any atom is -0.466 e. The monoisotopic (exact) mass is 860 g/mol. The van der Waals surface area contributed by atoms with Crippen molar-refractivity contribution in [2.45, 2.75) is 302 Å². The standard InChI is InChI=1S/C55H105NO5/c1-3-5-7-9-11-13-15-16-24-28-31-35-39-43-47-53(58)52(51-57)56-54(59)48-44-40-36-32-29-25-22-20-18-17-19-21-23-26-30-34-38-42-46-50-61-55(60)49-45-41-37-33-27-14-12-10-8-6-4-2/h17-18,43,47,52-53,57-58H,3-16,19-42,44-46,48-51H2,1-2H3,(H,56,59)/b18-17-,47-43+. The van der Waals surface area contributed by atoms with Crippen LogP contribution in [0.2, 0.25) is 0 Å². The van der Waals surface area contributed by atoms with Crippen LogP contribution in [0, 0.1) is 0 Å². The van der Waals surface area contributed by atoms with Crippen LogP contribution >= 0.6 is 0 Å². The minimum absolute atomic E-state index is 0.00265. The van der Waals surface area contributed by atoms with E-state index in [1.165, 1.54) is 212 Å². The summed E-state index contributed by atoms with van der Waals surface area (Å²) >= 11 is 0. The first-order valence-electron chi connectivity index (χ1n) is 27.1. The first-order valence-corrected chi connectivity index (χ1v) is 27.1. The van der Waals surface area contributed by atoms with Crippen molar-refractivity contribution in [3.8, 4) is 0 Å². The lowest BCUT2D eigenvalue weighted by atomic mass is 10.0. The molecule has 0 aromatic carbocycles. The number of ether oxygens (including phenoxy) is 1. The summed E-state index contributed by atoms with van der Waals surface area (Å²) in [5, 5.41) is 23.1. The number of rotatable bonds is 50. The Hall–Kier alpha value is -1.66. The molecule has 0 spiro atoms. The lowest BCUT2D eigenvalue weighted by Crippen LogP contribution is -2.45. The van der Waals surface area contributed by atoms with Gasteiger partial charge in [0.2, 0.25) is 5.91 Å². The highest BCUT2D eigenvalue weighted by Gasteiger charge is 2.18. The Labute approximate surface area is 380 Å². The van der Waals surface area contributed by atoms with Gasteiger partial charge in [-0.25, -0.2) is 0 Å². The molecule has 2 unspecified atom stereocenters. The van der Waals surface area contributed by atoms with Crippen LogP contribution in [-0.2, 0) is 14.3 Å². The first-order chi connectivity index (χ1) is 30.0. The maximum absolute atomic E-state index is 12.4. The van der Waals surface area contributed by atoms with Crippen molar-refractivity contribution in [1.82, 2.24) is 5.32 Å². The van der Waals surface area contributed by atoms with Crippen LogP contribution in [-0.4, -0.2) is 47.4 Å². The van der Waals surface area contributed by atoms with Gasteiger partial charge in [0.05, 0.1) is 25.4 Å². The Morgan fingerprint density at radius 3 is 1.16 bits per heavy atom. The molecule has 0 heterocycles. The fourth-order valence-corrected chi connectivity index (χ4v) is 8.27. The Morgan fingerprint density at radius 1 is 0.443 bits per heavy atom. The molecule has 0 saturated heterocycles. The Bertz CT molecular complexity index is 951. The Balaban J connectivity index is 3.47. The van der Waals surface area contributed by atoms with Crippen molar-refractivity contribution < 1.29 is 24.5 Å². The van der Waals surface area contributed by atoms with Gasteiger partial charge in [0.25, 0.3) is 0 Å². The van der Waals surface area contributed by atoms with Gasteiger partial charge in [-0.1, -0.05) is 244 Å². The maximum Gasteiger partial charge on any atom is 0.305 e. The van der Waals surface area contributed by atoms with Crippen LogP contribution in [0.25, 0.3) is 0 Å². The number of hydrogen-bond acceptors (Lipinski definition) is 5. The summed E-state index contributed by atoms with van der Waals surface area (Å²) in [6, 6.07) is -0.634. The van der Waals surface area contributed by atoms with Crippen molar-refractivity contribution in [2.75, 3.05) is 13.2 Å². The maximum atomic E-state index is 12.4. The molecule has 1 amide bonds. The zero-order valence-corrected chi connectivity index (χ0v) is 40.9. The SMILES string of the molecule is CCCCCCCCCCCCCC/C=C/C(O)C(CO)NC(=O)CCCCCCCCC/C=C\CCCCCCCCCCOC(=O)CCCCCCCCCCCCC. The fraction of sp³-hybridized carbons (Fsp3) is 0.891. The summed E-state index contributed by atoms with van der Waals surface area (Å²) in [4.78, 5) is 24.4. The second-order valence-electron chi connectivity index (χ2n) is 18.6. The van der Waals surface area contributed by atoms with Crippen LogP contribution in [0.15, 0.2) is 24.3 Å². The molecule has 2 atom stereocenters. The number of allylic oxidation sites excluding steroid dienone is 3. The van der Waals surface area contributed by atoms with Gasteiger partial charge in [0, 0.05) is 12.8 Å². The number of hydrogen-bond donors (Lipinski definition) is 3. The van der Waals surface area contributed by atoms with Gasteiger partial charge >= 0.3 is 5.97 Å². The second-order valence-corrected chi connectivity index (χ2v) is 18.6. The molecule has 0 aliphatic rings. The van der Waals surface area contributed by atoms with Gasteiger partial charge in [-0.3, -0.25) is 9.59 Å². The number of aliphatic hydroxyl groups excluding tert-OH is 2. The fourth-order valence-electron chi connectivity index (χ4n) is 8.27. The van der Waals surface area contributed by atoms with E-state index in [4.69, 9.17) is 4.74 Å². The molecular formula is C55H105NO5. The normalized spacial score (nSPS) is 12.8. The number of carbonyl (C=O) groups excluding carboxylic acids is 2. The van der Waals surface area contributed by atoms with Gasteiger partial charge < -0.3 is 20.3 Å². The van der Waals surface area contributed by atoms with E-state index in [0.717, 1.165) is 51.4 Å². The third-order valence-electron chi connectivity index (χ3n) is 12.5. The predicted octanol–water partition coefficient (Wildman–Crippen LogP) is 16.3. The number of aliphatic hydroxyl groups is 2. The van der Waals surface area contributed by atoms with E-state index >= 15 is 0 Å². The van der Waals surface area contributed by atoms with Crippen LogP contribution in [0.4, 0.5) is 0 Å². The molecule has 0 saturated carbocycles. The molecule has 0 aromatic rings. The lowest BCUT2D eigenvalue weighted by Gasteiger charge is -2.20. The Kier molecular flexibility index (Phi) is 49.6. The predicted molar refractivity (Wildman–Crippen MR) is 264 cm³/mol. The lowest BCUT2D eigenvalue weighted by molar-refractivity contribution is -0.143. The quantitative estimate of drug-likeness (QED) is 0.0322. The highest BCUT2D eigenvalue weighted by Crippen LogP contribution is 2.16. The van der Waals surface area contributed by atoms with Gasteiger partial charge in [-0.15, -0.1) is 0 Å². The zero-order chi connectivity index (χ0) is 44.4.